The molecule has 0 unspecified atom stereocenters. The fraction of sp³-hybridized carbons (Fsp3) is 0.571. The summed E-state index contributed by atoms with van der Waals surface area (Å²) < 4.78 is 0. The first-order valence-corrected chi connectivity index (χ1v) is 4.38. The van der Waals surface area contributed by atoms with Crippen molar-refractivity contribution < 1.29 is 0 Å². The SMILES string of the molecule is Cc1nc2c(s1)NCCC2. The average Bonchev–Trinajstić information content (AvgIpc) is 2.27. The summed E-state index contributed by atoms with van der Waals surface area (Å²) in [4.78, 5) is 4.41. The number of nitrogens with zero attached hydrogens (tertiary/aromatic N) is 1. The van der Waals surface area contributed by atoms with Crippen molar-refractivity contribution >= 4 is 16.3 Å². The molecule has 10 heavy (non-hydrogen) atoms. The van der Waals surface area contributed by atoms with Gasteiger partial charge in [0.25, 0.3) is 0 Å². The van der Waals surface area contributed by atoms with E-state index in [1.807, 2.05) is 0 Å². The minimum atomic E-state index is 1.12. The summed E-state index contributed by atoms with van der Waals surface area (Å²) in [6.45, 7) is 3.18. The maximum absolute atomic E-state index is 4.41. The van der Waals surface area contributed by atoms with Crippen molar-refractivity contribution in [3.63, 3.8) is 0 Å². The highest BCUT2D eigenvalue weighted by molar-refractivity contribution is 7.15. The maximum atomic E-state index is 4.41. The highest BCUT2D eigenvalue weighted by atomic mass is 32.1. The van der Waals surface area contributed by atoms with Crippen LogP contribution in [0, 0.1) is 6.92 Å². The normalized spacial score (nSPS) is 16.1. The lowest BCUT2D eigenvalue weighted by atomic mass is 10.2. The van der Waals surface area contributed by atoms with Crippen LogP contribution in [0.5, 0.6) is 0 Å². The molecule has 0 spiro atoms. The van der Waals surface area contributed by atoms with Gasteiger partial charge in [-0.1, -0.05) is 0 Å². The maximum Gasteiger partial charge on any atom is 0.112 e. The third-order valence-corrected chi connectivity index (χ3v) is 2.65. The molecule has 1 aliphatic heterocycles. The zero-order valence-electron chi connectivity index (χ0n) is 5.98. The molecule has 1 aromatic rings. The molecule has 0 atom stereocenters. The number of aromatic nitrogens is 1. The summed E-state index contributed by atoms with van der Waals surface area (Å²) in [6.07, 6.45) is 2.39. The van der Waals surface area contributed by atoms with Gasteiger partial charge in [-0.05, 0) is 19.8 Å². The molecule has 0 radical (unpaired) electrons. The van der Waals surface area contributed by atoms with Gasteiger partial charge in [0.1, 0.15) is 5.00 Å². The zero-order valence-corrected chi connectivity index (χ0v) is 6.79. The van der Waals surface area contributed by atoms with Crippen LogP contribution in [0.1, 0.15) is 17.1 Å². The van der Waals surface area contributed by atoms with Crippen LogP contribution in [-0.2, 0) is 6.42 Å². The van der Waals surface area contributed by atoms with Crippen molar-refractivity contribution in [3.05, 3.63) is 10.7 Å². The lowest BCUT2D eigenvalue weighted by Crippen LogP contribution is -2.09. The van der Waals surface area contributed by atoms with E-state index in [9.17, 15) is 0 Å². The number of fused-ring (bicyclic) bond motifs is 1. The second kappa shape index (κ2) is 2.23. The lowest BCUT2D eigenvalue weighted by molar-refractivity contribution is 0.811. The second-order valence-electron chi connectivity index (χ2n) is 2.54. The van der Waals surface area contributed by atoms with E-state index in [0.717, 1.165) is 13.0 Å². The predicted octanol–water partition coefficient (Wildman–Crippen LogP) is 1.81. The van der Waals surface area contributed by atoms with Crippen LogP contribution in [0.15, 0.2) is 0 Å². The second-order valence-corrected chi connectivity index (χ2v) is 3.74. The number of nitrogens with one attached hydrogen (secondary N) is 1. The summed E-state index contributed by atoms with van der Waals surface area (Å²) in [6, 6.07) is 0. The van der Waals surface area contributed by atoms with E-state index in [1.165, 1.54) is 22.1 Å². The van der Waals surface area contributed by atoms with Crippen LogP contribution in [0.2, 0.25) is 0 Å². The van der Waals surface area contributed by atoms with Crippen molar-refractivity contribution in [2.45, 2.75) is 19.8 Å². The predicted molar refractivity (Wildman–Crippen MR) is 43.7 cm³/mol. The molecule has 2 nitrogen and oxygen atoms in total. The molecule has 2 rings (SSSR count). The third kappa shape index (κ3) is 0.904. The third-order valence-electron chi connectivity index (χ3n) is 1.68. The van der Waals surface area contributed by atoms with Gasteiger partial charge in [-0.3, -0.25) is 0 Å². The van der Waals surface area contributed by atoms with E-state index < -0.39 is 0 Å². The smallest absolute Gasteiger partial charge is 0.112 e. The monoisotopic (exact) mass is 154 g/mol. The van der Waals surface area contributed by atoms with Crippen LogP contribution in [0.25, 0.3) is 0 Å². The molecule has 1 aromatic heterocycles. The summed E-state index contributed by atoms with van der Waals surface area (Å²) in [7, 11) is 0. The Kier molecular flexibility index (Phi) is 1.38. The topological polar surface area (TPSA) is 24.9 Å². The summed E-state index contributed by atoms with van der Waals surface area (Å²) in [5.74, 6) is 0. The van der Waals surface area contributed by atoms with E-state index in [0.29, 0.717) is 0 Å². The minimum Gasteiger partial charge on any atom is -0.375 e. The van der Waals surface area contributed by atoms with Crippen molar-refractivity contribution in [2.75, 3.05) is 11.9 Å². The molecule has 0 aliphatic carbocycles. The fourth-order valence-electron chi connectivity index (χ4n) is 1.24. The Hall–Kier alpha value is -0.570. The molecule has 0 aromatic carbocycles. The van der Waals surface area contributed by atoms with Gasteiger partial charge in [-0.15, -0.1) is 11.3 Å². The van der Waals surface area contributed by atoms with Crippen LogP contribution in [0.3, 0.4) is 0 Å². The molecular formula is C7H10N2S. The molecule has 0 saturated carbocycles. The Morgan fingerprint density at radius 1 is 1.60 bits per heavy atom. The van der Waals surface area contributed by atoms with Crippen molar-refractivity contribution in [2.24, 2.45) is 0 Å². The van der Waals surface area contributed by atoms with Gasteiger partial charge < -0.3 is 5.32 Å². The molecule has 1 aliphatic rings. The molecule has 0 amide bonds. The van der Waals surface area contributed by atoms with Gasteiger partial charge in [0.05, 0.1) is 10.7 Å². The van der Waals surface area contributed by atoms with Gasteiger partial charge in [0.15, 0.2) is 0 Å². The van der Waals surface area contributed by atoms with E-state index in [1.54, 1.807) is 11.3 Å². The van der Waals surface area contributed by atoms with Gasteiger partial charge in [0.2, 0.25) is 0 Å². The largest absolute Gasteiger partial charge is 0.375 e. The Morgan fingerprint density at radius 2 is 2.50 bits per heavy atom. The molecule has 0 saturated heterocycles. The van der Waals surface area contributed by atoms with E-state index in [-0.39, 0.29) is 0 Å². The molecule has 54 valence electrons. The number of anilines is 1. The Bertz CT molecular complexity index is 218. The van der Waals surface area contributed by atoms with Crippen LogP contribution in [0.4, 0.5) is 5.00 Å². The van der Waals surface area contributed by atoms with Crippen LogP contribution >= 0.6 is 11.3 Å². The minimum absolute atomic E-state index is 1.12. The summed E-state index contributed by atoms with van der Waals surface area (Å²) in [5, 5.41) is 5.81. The highest BCUT2D eigenvalue weighted by Gasteiger charge is 2.11. The first kappa shape index (κ1) is 6.16. The quantitative estimate of drug-likeness (QED) is 0.616. The Morgan fingerprint density at radius 3 is 3.30 bits per heavy atom. The first-order valence-electron chi connectivity index (χ1n) is 3.56. The number of hydrogen-bond acceptors (Lipinski definition) is 3. The summed E-state index contributed by atoms with van der Waals surface area (Å²) in [5.41, 5.74) is 1.27. The number of thiazole rings is 1. The standard InChI is InChI=1S/C7H10N2S/c1-5-9-6-3-2-4-8-7(6)10-5/h8H,2-4H2,1H3. The Labute approximate surface area is 64.3 Å². The van der Waals surface area contributed by atoms with E-state index in [2.05, 4.69) is 17.2 Å². The van der Waals surface area contributed by atoms with Gasteiger partial charge in [-0.2, -0.15) is 0 Å². The van der Waals surface area contributed by atoms with Crippen LogP contribution < -0.4 is 5.32 Å². The summed E-state index contributed by atoms with van der Waals surface area (Å²) >= 11 is 1.77. The number of hydrogen-bond donors (Lipinski definition) is 1. The number of aryl methyl sites for hydroxylation is 2. The van der Waals surface area contributed by atoms with Crippen LogP contribution in [-0.4, -0.2) is 11.5 Å². The first-order chi connectivity index (χ1) is 4.86. The van der Waals surface area contributed by atoms with E-state index >= 15 is 0 Å². The zero-order chi connectivity index (χ0) is 6.97. The highest BCUT2D eigenvalue weighted by Crippen LogP contribution is 2.27. The van der Waals surface area contributed by atoms with Crippen molar-refractivity contribution in [3.8, 4) is 0 Å². The number of rotatable bonds is 0. The van der Waals surface area contributed by atoms with Crippen molar-refractivity contribution in [1.29, 1.82) is 0 Å². The lowest BCUT2D eigenvalue weighted by Gasteiger charge is -2.10. The van der Waals surface area contributed by atoms with Gasteiger partial charge in [0, 0.05) is 6.54 Å². The molecule has 3 heteroatoms. The molecule has 0 fully saturated rings. The van der Waals surface area contributed by atoms with Crippen molar-refractivity contribution in [1.82, 2.24) is 4.98 Å². The Balaban J connectivity index is 2.41. The van der Waals surface area contributed by atoms with Gasteiger partial charge in [-0.25, -0.2) is 4.98 Å². The fourth-order valence-corrected chi connectivity index (χ4v) is 2.13. The molecule has 2 heterocycles. The average molecular weight is 154 g/mol. The molecule has 0 bridgehead atoms. The molecular weight excluding hydrogens is 144 g/mol. The molecule has 1 N–H and O–H groups in total. The van der Waals surface area contributed by atoms with Gasteiger partial charge >= 0.3 is 0 Å². The van der Waals surface area contributed by atoms with E-state index in [4.69, 9.17) is 0 Å².